The van der Waals surface area contributed by atoms with E-state index in [9.17, 15) is 9.59 Å². The van der Waals surface area contributed by atoms with Crippen LogP contribution in [0.4, 0.5) is 0 Å². The third-order valence-electron chi connectivity index (χ3n) is 2.65. The molecule has 0 aromatic heterocycles. The molecule has 0 aliphatic rings. The lowest BCUT2D eigenvalue weighted by atomic mass is 9.87. The van der Waals surface area contributed by atoms with E-state index in [1.54, 1.807) is 0 Å². The van der Waals surface area contributed by atoms with E-state index in [1.165, 1.54) is 14.0 Å². The summed E-state index contributed by atoms with van der Waals surface area (Å²) in [6.45, 7) is 7.13. The summed E-state index contributed by atoms with van der Waals surface area (Å²) in [7, 11) is 1.35. The first-order chi connectivity index (χ1) is 6.81. The average Bonchev–Trinajstić information content (AvgIpc) is 2.12. The molecule has 0 aromatic carbocycles. The quantitative estimate of drug-likeness (QED) is 0.659. The molecule has 0 heterocycles. The van der Waals surface area contributed by atoms with E-state index >= 15 is 0 Å². The molecule has 0 fully saturated rings. The summed E-state index contributed by atoms with van der Waals surface area (Å²) >= 11 is 0. The number of methoxy groups -OCH3 is 1. The van der Waals surface area contributed by atoms with Gasteiger partial charge < -0.3 is 9.47 Å². The number of hydrogen-bond acceptors (Lipinski definition) is 4. The molecule has 0 aliphatic carbocycles. The van der Waals surface area contributed by atoms with Crippen LogP contribution in [-0.4, -0.2) is 24.6 Å². The smallest absolute Gasteiger partial charge is 0.305 e. The monoisotopic (exact) mass is 216 g/mol. The maximum atomic E-state index is 11.0. The minimum Gasteiger partial charge on any atom is -0.469 e. The molecule has 0 saturated heterocycles. The van der Waals surface area contributed by atoms with Crippen molar-refractivity contribution >= 4 is 11.9 Å². The Bertz CT molecular complexity index is 235. The van der Waals surface area contributed by atoms with E-state index < -0.39 is 5.60 Å². The number of hydrogen-bond donors (Lipinski definition) is 0. The van der Waals surface area contributed by atoms with Gasteiger partial charge in [0, 0.05) is 13.3 Å². The second-order valence-electron chi connectivity index (χ2n) is 4.14. The third-order valence-corrected chi connectivity index (χ3v) is 2.65. The summed E-state index contributed by atoms with van der Waals surface area (Å²) in [5.74, 6) is -0.448. The molecule has 88 valence electrons. The Labute approximate surface area is 90.9 Å². The summed E-state index contributed by atoms with van der Waals surface area (Å²) in [6.07, 6.45) is 0.745. The third kappa shape index (κ3) is 4.81. The molecule has 1 atom stereocenters. The van der Waals surface area contributed by atoms with Crippen molar-refractivity contribution in [2.45, 2.75) is 46.1 Å². The van der Waals surface area contributed by atoms with E-state index in [-0.39, 0.29) is 24.3 Å². The Kier molecular flexibility index (Phi) is 5.33. The first-order valence-electron chi connectivity index (χ1n) is 5.08. The maximum Gasteiger partial charge on any atom is 0.305 e. The zero-order valence-corrected chi connectivity index (χ0v) is 10.1. The van der Waals surface area contributed by atoms with E-state index in [0.717, 1.165) is 0 Å². The molecule has 0 N–H and O–H groups in total. The number of esters is 2. The summed E-state index contributed by atoms with van der Waals surface area (Å²) in [6, 6.07) is 0. The lowest BCUT2D eigenvalue weighted by molar-refractivity contribution is -0.163. The fraction of sp³-hybridized carbons (Fsp3) is 0.818. The summed E-state index contributed by atoms with van der Waals surface area (Å²) in [4.78, 5) is 21.9. The molecular formula is C11H20O4. The van der Waals surface area contributed by atoms with Crippen LogP contribution in [0, 0.1) is 5.92 Å². The largest absolute Gasteiger partial charge is 0.469 e. The molecule has 0 aromatic rings. The van der Waals surface area contributed by atoms with E-state index in [2.05, 4.69) is 4.74 Å². The van der Waals surface area contributed by atoms with Gasteiger partial charge in [-0.05, 0) is 19.3 Å². The maximum absolute atomic E-state index is 11.0. The fourth-order valence-electron chi connectivity index (χ4n) is 1.24. The molecule has 0 radical (unpaired) electrons. The highest BCUT2D eigenvalue weighted by atomic mass is 16.6. The lowest BCUT2D eigenvalue weighted by Crippen LogP contribution is -2.37. The highest BCUT2D eigenvalue weighted by Crippen LogP contribution is 2.27. The molecule has 0 spiro atoms. The average molecular weight is 216 g/mol. The van der Waals surface area contributed by atoms with Crippen molar-refractivity contribution in [1.82, 2.24) is 0 Å². The fourth-order valence-corrected chi connectivity index (χ4v) is 1.24. The van der Waals surface area contributed by atoms with Crippen LogP contribution < -0.4 is 0 Å². The van der Waals surface area contributed by atoms with Crippen LogP contribution in [0.3, 0.4) is 0 Å². The van der Waals surface area contributed by atoms with Gasteiger partial charge in [0.1, 0.15) is 5.60 Å². The Balaban J connectivity index is 4.38. The topological polar surface area (TPSA) is 52.6 Å². The normalized spacial score (nSPS) is 14.5. The molecule has 0 aliphatic heterocycles. The van der Waals surface area contributed by atoms with Crippen molar-refractivity contribution in [1.29, 1.82) is 0 Å². The van der Waals surface area contributed by atoms with Crippen LogP contribution in [0.1, 0.15) is 40.5 Å². The van der Waals surface area contributed by atoms with Crippen molar-refractivity contribution in [3.8, 4) is 0 Å². The Morgan fingerprint density at radius 2 is 1.87 bits per heavy atom. The Morgan fingerprint density at radius 1 is 1.33 bits per heavy atom. The molecule has 15 heavy (non-hydrogen) atoms. The number of carbonyl (C=O) groups is 2. The van der Waals surface area contributed by atoms with Gasteiger partial charge in [0.15, 0.2) is 0 Å². The number of rotatable bonds is 5. The molecule has 1 unspecified atom stereocenters. The van der Waals surface area contributed by atoms with Crippen molar-refractivity contribution < 1.29 is 19.1 Å². The van der Waals surface area contributed by atoms with Crippen molar-refractivity contribution in [2.75, 3.05) is 7.11 Å². The van der Waals surface area contributed by atoms with Crippen molar-refractivity contribution in [3.63, 3.8) is 0 Å². The molecular weight excluding hydrogens is 196 g/mol. The van der Waals surface area contributed by atoms with Crippen LogP contribution in [0.25, 0.3) is 0 Å². The summed E-state index contributed by atoms with van der Waals surface area (Å²) in [5, 5.41) is 0. The van der Waals surface area contributed by atoms with E-state index in [1.807, 2.05) is 20.8 Å². The van der Waals surface area contributed by atoms with E-state index in [0.29, 0.717) is 6.42 Å². The predicted molar refractivity (Wildman–Crippen MR) is 56.3 cm³/mol. The minimum atomic E-state index is -0.597. The molecule has 0 rings (SSSR count). The van der Waals surface area contributed by atoms with Gasteiger partial charge in [0.2, 0.25) is 0 Å². The first kappa shape index (κ1) is 13.9. The van der Waals surface area contributed by atoms with Gasteiger partial charge in [-0.25, -0.2) is 0 Å². The summed E-state index contributed by atoms with van der Waals surface area (Å²) in [5.41, 5.74) is -0.597. The second kappa shape index (κ2) is 5.73. The van der Waals surface area contributed by atoms with Crippen LogP contribution in [-0.2, 0) is 19.1 Å². The standard InChI is InChI=1S/C11H20O4/c1-8(2)11(4,15-9(3)12)7-6-10(13)14-5/h8H,6-7H2,1-5H3. The zero-order valence-electron chi connectivity index (χ0n) is 10.1. The van der Waals surface area contributed by atoms with Gasteiger partial charge in [-0.1, -0.05) is 13.8 Å². The van der Waals surface area contributed by atoms with Gasteiger partial charge in [-0.15, -0.1) is 0 Å². The van der Waals surface area contributed by atoms with Gasteiger partial charge in [0.05, 0.1) is 7.11 Å². The minimum absolute atomic E-state index is 0.158. The Morgan fingerprint density at radius 3 is 2.20 bits per heavy atom. The van der Waals surface area contributed by atoms with Gasteiger partial charge >= 0.3 is 11.9 Å². The van der Waals surface area contributed by atoms with Gasteiger partial charge in [-0.2, -0.15) is 0 Å². The SMILES string of the molecule is COC(=O)CCC(C)(OC(C)=O)C(C)C. The molecule has 4 nitrogen and oxygen atoms in total. The van der Waals surface area contributed by atoms with Crippen LogP contribution in [0.5, 0.6) is 0 Å². The van der Waals surface area contributed by atoms with E-state index in [4.69, 9.17) is 4.74 Å². The first-order valence-corrected chi connectivity index (χ1v) is 5.08. The van der Waals surface area contributed by atoms with Crippen molar-refractivity contribution in [2.24, 2.45) is 5.92 Å². The highest BCUT2D eigenvalue weighted by Gasteiger charge is 2.32. The van der Waals surface area contributed by atoms with Gasteiger partial charge in [0.25, 0.3) is 0 Å². The number of carbonyl (C=O) groups excluding carboxylic acids is 2. The molecule has 4 heteroatoms. The van der Waals surface area contributed by atoms with Crippen molar-refractivity contribution in [3.05, 3.63) is 0 Å². The molecule has 0 bridgehead atoms. The van der Waals surface area contributed by atoms with Crippen LogP contribution in [0.15, 0.2) is 0 Å². The Hall–Kier alpha value is -1.06. The van der Waals surface area contributed by atoms with Gasteiger partial charge in [-0.3, -0.25) is 9.59 Å². The number of ether oxygens (including phenoxy) is 2. The van der Waals surface area contributed by atoms with Crippen LogP contribution in [0.2, 0.25) is 0 Å². The zero-order chi connectivity index (χ0) is 12.1. The predicted octanol–water partition coefficient (Wildman–Crippen LogP) is 1.92. The summed E-state index contributed by atoms with van der Waals surface area (Å²) < 4.78 is 9.80. The highest BCUT2D eigenvalue weighted by molar-refractivity contribution is 5.69. The molecule has 0 saturated carbocycles. The molecule has 0 amide bonds. The second-order valence-corrected chi connectivity index (χ2v) is 4.14. The lowest BCUT2D eigenvalue weighted by Gasteiger charge is -2.32. The van der Waals surface area contributed by atoms with Crippen LogP contribution >= 0.6 is 0 Å².